The molecule has 5 nitrogen and oxygen atoms in total. The van der Waals surface area contributed by atoms with Gasteiger partial charge >= 0.3 is 0 Å². The van der Waals surface area contributed by atoms with Crippen molar-refractivity contribution >= 4 is 5.91 Å². The fourth-order valence-corrected chi connectivity index (χ4v) is 3.85. The highest BCUT2D eigenvalue weighted by atomic mass is 16.3. The molecule has 0 radical (unpaired) electrons. The Morgan fingerprint density at radius 2 is 1.82 bits per heavy atom. The van der Waals surface area contributed by atoms with Crippen molar-refractivity contribution in [2.75, 3.05) is 46.4 Å². The van der Waals surface area contributed by atoms with Crippen LogP contribution in [0.1, 0.15) is 45.4 Å². The van der Waals surface area contributed by atoms with Crippen molar-refractivity contribution in [1.29, 1.82) is 0 Å². The summed E-state index contributed by atoms with van der Waals surface area (Å²) in [6, 6.07) is -0.0523. The first-order valence-corrected chi connectivity index (χ1v) is 8.87. The second kappa shape index (κ2) is 8.27. The van der Waals surface area contributed by atoms with Crippen LogP contribution in [0.15, 0.2) is 0 Å². The first-order valence-electron chi connectivity index (χ1n) is 8.87. The topological polar surface area (TPSA) is 55.8 Å². The molecule has 0 spiro atoms. The summed E-state index contributed by atoms with van der Waals surface area (Å²) >= 11 is 0. The van der Waals surface area contributed by atoms with Gasteiger partial charge in [-0.05, 0) is 38.6 Å². The van der Waals surface area contributed by atoms with Gasteiger partial charge in [-0.3, -0.25) is 9.69 Å². The first kappa shape index (κ1) is 17.7. The van der Waals surface area contributed by atoms with Gasteiger partial charge < -0.3 is 15.3 Å². The number of piperazine rings is 1. The van der Waals surface area contributed by atoms with E-state index in [1.165, 1.54) is 19.3 Å². The van der Waals surface area contributed by atoms with Crippen molar-refractivity contribution in [1.82, 2.24) is 15.1 Å². The van der Waals surface area contributed by atoms with Crippen molar-refractivity contribution in [3.05, 3.63) is 0 Å². The smallest absolute Gasteiger partial charge is 0.237 e. The number of hydrogen-bond acceptors (Lipinski definition) is 4. The van der Waals surface area contributed by atoms with Crippen LogP contribution in [-0.2, 0) is 4.79 Å². The van der Waals surface area contributed by atoms with E-state index < -0.39 is 0 Å². The van der Waals surface area contributed by atoms with Gasteiger partial charge in [-0.1, -0.05) is 19.3 Å². The molecule has 1 heterocycles. The van der Waals surface area contributed by atoms with E-state index in [-0.39, 0.29) is 24.0 Å². The van der Waals surface area contributed by atoms with Crippen LogP contribution in [0.3, 0.4) is 0 Å². The van der Waals surface area contributed by atoms with Crippen molar-refractivity contribution in [2.24, 2.45) is 5.41 Å². The van der Waals surface area contributed by atoms with Gasteiger partial charge in [0.1, 0.15) is 0 Å². The number of carbonyl (C=O) groups excluding carboxylic acids is 1. The highest BCUT2D eigenvalue weighted by Gasteiger charge is 2.33. The molecular formula is C17H33N3O2. The molecule has 1 amide bonds. The second-order valence-corrected chi connectivity index (χ2v) is 7.27. The third-order valence-corrected chi connectivity index (χ3v) is 5.66. The lowest BCUT2D eigenvalue weighted by atomic mass is 9.72. The average molecular weight is 311 g/mol. The van der Waals surface area contributed by atoms with Crippen LogP contribution in [0.4, 0.5) is 0 Å². The van der Waals surface area contributed by atoms with E-state index in [1.807, 2.05) is 6.92 Å². The number of rotatable bonds is 6. The summed E-state index contributed by atoms with van der Waals surface area (Å²) in [5, 5.41) is 12.5. The summed E-state index contributed by atoms with van der Waals surface area (Å²) in [6.45, 7) is 6.96. The maximum Gasteiger partial charge on any atom is 0.237 e. The SMILES string of the molecule is CC(C(=O)NCC1(CCO)CCCCC1)N1CCN(C)CC1. The fraction of sp³-hybridized carbons (Fsp3) is 0.941. The van der Waals surface area contributed by atoms with Crippen LogP contribution in [0.25, 0.3) is 0 Å². The Hall–Kier alpha value is -0.650. The minimum Gasteiger partial charge on any atom is -0.396 e. The molecule has 128 valence electrons. The van der Waals surface area contributed by atoms with E-state index in [1.54, 1.807) is 0 Å². The summed E-state index contributed by atoms with van der Waals surface area (Å²) in [4.78, 5) is 17.1. The number of likely N-dealkylation sites (N-methyl/N-ethyl adjacent to an activating group) is 1. The molecule has 2 N–H and O–H groups in total. The Labute approximate surface area is 135 Å². The first-order chi connectivity index (χ1) is 10.6. The van der Waals surface area contributed by atoms with Crippen molar-refractivity contribution < 1.29 is 9.90 Å². The van der Waals surface area contributed by atoms with Gasteiger partial charge in [0.05, 0.1) is 6.04 Å². The predicted molar refractivity (Wildman–Crippen MR) is 88.8 cm³/mol. The maximum absolute atomic E-state index is 12.5. The van der Waals surface area contributed by atoms with E-state index in [0.29, 0.717) is 0 Å². The van der Waals surface area contributed by atoms with E-state index in [9.17, 15) is 9.90 Å². The maximum atomic E-state index is 12.5. The zero-order valence-corrected chi connectivity index (χ0v) is 14.3. The van der Waals surface area contributed by atoms with Crippen LogP contribution >= 0.6 is 0 Å². The molecule has 0 aromatic heterocycles. The Morgan fingerprint density at radius 1 is 1.18 bits per heavy atom. The zero-order valence-electron chi connectivity index (χ0n) is 14.3. The molecule has 5 heteroatoms. The van der Waals surface area contributed by atoms with Crippen LogP contribution in [0.5, 0.6) is 0 Å². The summed E-state index contributed by atoms with van der Waals surface area (Å²) in [5.41, 5.74) is 0.129. The molecule has 0 aromatic rings. The third-order valence-electron chi connectivity index (χ3n) is 5.66. The molecule has 1 aliphatic carbocycles. The summed E-state index contributed by atoms with van der Waals surface area (Å²) in [7, 11) is 2.13. The van der Waals surface area contributed by atoms with Crippen LogP contribution in [-0.4, -0.2) is 73.2 Å². The molecule has 0 aromatic carbocycles. The van der Waals surface area contributed by atoms with E-state index in [2.05, 4.69) is 22.2 Å². The Bertz CT molecular complexity index is 342. The lowest BCUT2D eigenvalue weighted by Gasteiger charge is -2.39. The molecule has 2 fully saturated rings. The molecule has 1 aliphatic heterocycles. The molecule has 1 saturated carbocycles. The summed E-state index contributed by atoms with van der Waals surface area (Å²) < 4.78 is 0. The quantitative estimate of drug-likeness (QED) is 0.770. The van der Waals surface area contributed by atoms with Crippen molar-refractivity contribution in [3.63, 3.8) is 0 Å². The van der Waals surface area contributed by atoms with Gasteiger partial charge in [0.25, 0.3) is 0 Å². The Balaban J connectivity index is 1.82. The number of nitrogens with zero attached hydrogens (tertiary/aromatic N) is 2. The van der Waals surface area contributed by atoms with Crippen LogP contribution in [0, 0.1) is 5.41 Å². The van der Waals surface area contributed by atoms with Crippen molar-refractivity contribution in [2.45, 2.75) is 51.5 Å². The van der Waals surface area contributed by atoms with Crippen LogP contribution < -0.4 is 5.32 Å². The normalized spacial score (nSPS) is 24.9. The van der Waals surface area contributed by atoms with Gasteiger partial charge in [-0.15, -0.1) is 0 Å². The number of aliphatic hydroxyl groups is 1. The number of amides is 1. The van der Waals surface area contributed by atoms with Gasteiger partial charge in [0, 0.05) is 39.3 Å². The molecule has 0 bridgehead atoms. The highest BCUT2D eigenvalue weighted by Crippen LogP contribution is 2.38. The number of carbonyl (C=O) groups is 1. The minimum absolute atomic E-state index is 0.0523. The lowest BCUT2D eigenvalue weighted by molar-refractivity contribution is -0.127. The Morgan fingerprint density at radius 3 is 2.41 bits per heavy atom. The molecule has 2 rings (SSSR count). The summed E-state index contributed by atoms with van der Waals surface area (Å²) in [6.07, 6.45) is 6.83. The largest absolute Gasteiger partial charge is 0.396 e. The molecular weight excluding hydrogens is 278 g/mol. The number of nitrogens with one attached hydrogen (secondary N) is 1. The van der Waals surface area contributed by atoms with Gasteiger partial charge in [-0.25, -0.2) is 0 Å². The molecule has 22 heavy (non-hydrogen) atoms. The van der Waals surface area contributed by atoms with E-state index in [0.717, 1.165) is 52.0 Å². The molecule has 1 atom stereocenters. The monoisotopic (exact) mass is 311 g/mol. The third kappa shape index (κ3) is 4.67. The van der Waals surface area contributed by atoms with E-state index >= 15 is 0 Å². The van der Waals surface area contributed by atoms with Gasteiger partial charge in [-0.2, -0.15) is 0 Å². The fourth-order valence-electron chi connectivity index (χ4n) is 3.85. The number of hydrogen-bond donors (Lipinski definition) is 2. The van der Waals surface area contributed by atoms with Crippen LogP contribution in [0.2, 0.25) is 0 Å². The lowest BCUT2D eigenvalue weighted by Crippen LogP contribution is -2.54. The average Bonchev–Trinajstić information content (AvgIpc) is 2.54. The zero-order chi connectivity index (χ0) is 16.0. The van der Waals surface area contributed by atoms with E-state index in [4.69, 9.17) is 0 Å². The predicted octanol–water partition coefficient (Wildman–Crippen LogP) is 1.07. The van der Waals surface area contributed by atoms with Crippen molar-refractivity contribution in [3.8, 4) is 0 Å². The van der Waals surface area contributed by atoms with Gasteiger partial charge in [0.15, 0.2) is 0 Å². The molecule has 1 unspecified atom stereocenters. The Kier molecular flexibility index (Phi) is 6.66. The minimum atomic E-state index is -0.0523. The van der Waals surface area contributed by atoms with Gasteiger partial charge in [0.2, 0.25) is 5.91 Å². The standard InChI is InChI=1S/C17H33N3O2/c1-15(20-11-9-19(2)10-12-20)16(22)18-14-17(8-13-21)6-4-3-5-7-17/h15,21H,3-14H2,1-2H3,(H,18,22). The highest BCUT2D eigenvalue weighted by molar-refractivity contribution is 5.81. The summed E-state index contributed by atoms with van der Waals surface area (Å²) in [5.74, 6) is 0.146. The second-order valence-electron chi connectivity index (χ2n) is 7.27. The number of aliphatic hydroxyl groups excluding tert-OH is 1. The molecule has 2 aliphatic rings. The molecule has 1 saturated heterocycles.